The molecule has 2 N–H and O–H groups in total. The molecular weight excluding hydrogens is 419 g/mol. The van der Waals surface area contributed by atoms with E-state index in [-0.39, 0.29) is 4.90 Å². The maximum absolute atomic E-state index is 13.3. The number of ether oxygens (including phenoxy) is 1. The van der Waals surface area contributed by atoms with E-state index in [0.717, 1.165) is 5.56 Å². The van der Waals surface area contributed by atoms with Gasteiger partial charge in [-0.3, -0.25) is 9.52 Å². The molecule has 6 nitrogen and oxygen atoms in total. The van der Waals surface area contributed by atoms with Gasteiger partial charge in [0, 0.05) is 11.8 Å². The Morgan fingerprint density at radius 3 is 2.42 bits per heavy atom. The second kappa shape index (κ2) is 9.44. The molecule has 0 atom stereocenters. The van der Waals surface area contributed by atoms with Crippen LogP contribution in [-0.4, -0.2) is 21.4 Å². The fourth-order valence-electron chi connectivity index (χ4n) is 2.77. The number of anilines is 2. The van der Waals surface area contributed by atoms with Crippen molar-refractivity contribution in [3.05, 3.63) is 89.8 Å². The summed E-state index contributed by atoms with van der Waals surface area (Å²) < 4.78 is 46.3. The van der Waals surface area contributed by atoms with Crippen LogP contribution in [0.25, 0.3) is 6.08 Å². The van der Waals surface area contributed by atoms with Crippen LogP contribution in [0.5, 0.6) is 5.75 Å². The molecular formula is C23H21FN2O4S. The Morgan fingerprint density at radius 1 is 1.00 bits per heavy atom. The number of benzene rings is 3. The number of sulfonamides is 1. The number of para-hydroxylation sites is 2. The average Bonchev–Trinajstić information content (AvgIpc) is 2.75. The minimum absolute atomic E-state index is 0.0652. The molecule has 0 fully saturated rings. The number of carbonyl (C=O) groups is 1. The summed E-state index contributed by atoms with van der Waals surface area (Å²) in [5.41, 5.74) is 2.08. The first kappa shape index (κ1) is 22.0. The number of rotatable bonds is 7. The highest BCUT2D eigenvalue weighted by molar-refractivity contribution is 7.92. The molecule has 3 aromatic carbocycles. The summed E-state index contributed by atoms with van der Waals surface area (Å²) >= 11 is 0. The molecule has 0 aliphatic rings. The van der Waals surface area contributed by atoms with Crippen molar-refractivity contribution < 1.29 is 22.3 Å². The summed E-state index contributed by atoms with van der Waals surface area (Å²) in [6.07, 6.45) is 2.83. The highest BCUT2D eigenvalue weighted by atomic mass is 32.2. The molecule has 0 aliphatic carbocycles. The SMILES string of the molecule is COc1ccccc1NS(=O)(=O)c1ccc(/C=C/C(=O)Nc2cc(F)ccc2C)cc1. The molecule has 0 heterocycles. The van der Waals surface area contributed by atoms with Gasteiger partial charge >= 0.3 is 0 Å². The zero-order valence-corrected chi connectivity index (χ0v) is 17.7. The highest BCUT2D eigenvalue weighted by Gasteiger charge is 2.16. The predicted octanol–water partition coefficient (Wildman–Crippen LogP) is 4.60. The normalized spacial score (nSPS) is 11.3. The quantitative estimate of drug-likeness (QED) is 0.526. The fourth-order valence-corrected chi connectivity index (χ4v) is 3.84. The minimum Gasteiger partial charge on any atom is -0.495 e. The Bertz CT molecular complexity index is 1220. The van der Waals surface area contributed by atoms with Gasteiger partial charge in [-0.25, -0.2) is 12.8 Å². The van der Waals surface area contributed by atoms with Crippen molar-refractivity contribution in [2.75, 3.05) is 17.1 Å². The van der Waals surface area contributed by atoms with E-state index in [1.807, 2.05) is 0 Å². The third-order valence-electron chi connectivity index (χ3n) is 4.43. The third-order valence-corrected chi connectivity index (χ3v) is 5.81. The van der Waals surface area contributed by atoms with Gasteiger partial charge < -0.3 is 10.1 Å². The summed E-state index contributed by atoms with van der Waals surface area (Å²) in [5.74, 6) is -0.461. The van der Waals surface area contributed by atoms with Crippen molar-refractivity contribution in [3.8, 4) is 5.75 Å². The molecule has 0 saturated heterocycles. The zero-order valence-electron chi connectivity index (χ0n) is 16.9. The number of hydrogen-bond acceptors (Lipinski definition) is 4. The number of hydrogen-bond donors (Lipinski definition) is 2. The van der Waals surface area contributed by atoms with Crippen molar-refractivity contribution in [3.63, 3.8) is 0 Å². The van der Waals surface area contributed by atoms with Crippen LogP contribution in [0.3, 0.4) is 0 Å². The van der Waals surface area contributed by atoms with Crippen LogP contribution in [0.1, 0.15) is 11.1 Å². The molecule has 31 heavy (non-hydrogen) atoms. The molecule has 0 radical (unpaired) electrons. The minimum atomic E-state index is -3.81. The van der Waals surface area contributed by atoms with Gasteiger partial charge in [-0.2, -0.15) is 0 Å². The molecule has 3 rings (SSSR count). The molecule has 1 amide bonds. The van der Waals surface area contributed by atoms with Gasteiger partial charge in [-0.05, 0) is 60.5 Å². The van der Waals surface area contributed by atoms with Crippen molar-refractivity contribution >= 4 is 33.4 Å². The molecule has 0 saturated carbocycles. The number of aryl methyl sites for hydroxylation is 1. The largest absolute Gasteiger partial charge is 0.495 e. The van der Waals surface area contributed by atoms with Gasteiger partial charge in [0.1, 0.15) is 11.6 Å². The number of carbonyl (C=O) groups excluding carboxylic acids is 1. The Balaban J connectivity index is 1.69. The van der Waals surface area contributed by atoms with Crippen LogP contribution in [0.2, 0.25) is 0 Å². The number of amides is 1. The van der Waals surface area contributed by atoms with Crippen molar-refractivity contribution in [2.24, 2.45) is 0 Å². The number of methoxy groups -OCH3 is 1. The van der Waals surface area contributed by atoms with Crippen LogP contribution >= 0.6 is 0 Å². The molecule has 3 aromatic rings. The second-order valence-corrected chi connectivity index (χ2v) is 8.34. The van der Waals surface area contributed by atoms with Gasteiger partial charge in [0.25, 0.3) is 10.0 Å². The molecule has 0 aliphatic heterocycles. The lowest BCUT2D eigenvalue weighted by molar-refractivity contribution is -0.111. The first-order valence-corrected chi connectivity index (χ1v) is 10.8. The van der Waals surface area contributed by atoms with E-state index in [1.54, 1.807) is 49.4 Å². The molecule has 0 spiro atoms. The summed E-state index contributed by atoms with van der Waals surface area (Å²) in [6.45, 7) is 1.76. The Hall–Kier alpha value is -3.65. The number of nitrogens with one attached hydrogen (secondary N) is 2. The fraction of sp³-hybridized carbons (Fsp3) is 0.0870. The summed E-state index contributed by atoms with van der Waals surface area (Å²) in [4.78, 5) is 12.2. The topological polar surface area (TPSA) is 84.5 Å². The van der Waals surface area contributed by atoms with E-state index in [4.69, 9.17) is 4.74 Å². The average molecular weight is 440 g/mol. The van der Waals surface area contributed by atoms with E-state index < -0.39 is 21.7 Å². The smallest absolute Gasteiger partial charge is 0.262 e. The maximum atomic E-state index is 13.3. The lowest BCUT2D eigenvalue weighted by atomic mass is 10.2. The molecule has 0 bridgehead atoms. The van der Waals surface area contributed by atoms with E-state index in [1.165, 1.54) is 43.5 Å². The van der Waals surface area contributed by atoms with Gasteiger partial charge in [0.05, 0.1) is 17.7 Å². The maximum Gasteiger partial charge on any atom is 0.262 e. The zero-order chi connectivity index (χ0) is 22.4. The summed E-state index contributed by atoms with van der Waals surface area (Å²) in [7, 11) is -2.35. The van der Waals surface area contributed by atoms with E-state index in [0.29, 0.717) is 22.7 Å². The first-order valence-electron chi connectivity index (χ1n) is 9.29. The Kier molecular flexibility index (Phi) is 6.71. The van der Waals surface area contributed by atoms with Crippen molar-refractivity contribution in [1.29, 1.82) is 0 Å². The van der Waals surface area contributed by atoms with Gasteiger partial charge in [-0.15, -0.1) is 0 Å². The Morgan fingerprint density at radius 2 is 1.71 bits per heavy atom. The highest BCUT2D eigenvalue weighted by Crippen LogP contribution is 2.26. The lowest BCUT2D eigenvalue weighted by Crippen LogP contribution is -2.13. The van der Waals surface area contributed by atoms with Gasteiger partial charge in [-0.1, -0.05) is 30.3 Å². The van der Waals surface area contributed by atoms with Gasteiger partial charge in [0.15, 0.2) is 0 Å². The summed E-state index contributed by atoms with van der Waals surface area (Å²) in [5, 5.41) is 2.61. The van der Waals surface area contributed by atoms with Gasteiger partial charge in [0.2, 0.25) is 5.91 Å². The van der Waals surface area contributed by atoms with Crippen LogP contribution in [-0.2, 0) is 14.8 Å². The first-order chi connectivity index (χ1) is 14.8. The Labute approximate surface area is 180 Å². The molecule has 160 valence electrons. The number of halogens is 1. The standard InChI is InChI=1S/C23H21FN2O4S/c1-16-7-11-18(24)15-21(16)25-23(27)14-10-17-8-12-19(13-9-17)31(28,29)26-20-5-3-4-6-22(20)30-2/h3-15,26H,1-2H3,(H,25,27)/b14-10+. The van der Waals surface area contributed by atoms with Crippen LogP contribution in [0.4, 0.5) is 15.8 Å². The van der Waals surface area contributed by atoms with Crippen molar-refractivity contribution in [1.82, 2.24) is 0 Å². The predicted molar refractivity (Wildman–Crippen MR) is 119 cm³/mol. The van der Waals surface area contributed by atoms with Crippen LogP contribution in [0.15, 0.2) is 77.7 Å². The monoisotopic (exact) mass is 440 g/mol. The third kappa shape index (κ3) is 5.70. The summed E-state index contributed by atoms with van der Waals surface area (Å²) in [6, 6.07) is 16.9. The second-order valence-electron chi connectivity index (χ2n) is 6.66. The van der Waals surface area contributed by atoms with E-state index in [9.17, 15) is 17.6 Å². The van der Waals surface area contributed by atoms with Crippen LogP contribution < -0.4 is 14.8 Å². The van der Waals surface area contributed by atoms with Crippen molar-refractivity contribution in [2.45, 2.75) is 11.8 Å². The van der Waals surface area contributed by atoms with E-state index >= 15 is 0 Å². The molecule has 8 heteroatoms. The van der Waals surface area contributed by atoms with E-state index in [2.05, 4.69) is 10.0 Å². The lowest BCUT2D eigenvalue weighted by Gasteiger charge is -2.11. The molecule has 0 aromatic heterocycles. The molecule has 0 unspecified atom stereocenters. The van der Waals surface area contributed by atoms with Crippen LogP contribution in [0, 0.1) is 12.7 Å².